The number of hydrogen-bond donors (Lipinski definition) is 0. The second-order valence-electron chi connectivity index (χ2n) is 4.43. The van der Waals surface area contributed by atoms with E-state index in [1.807, 2.05) is 16.3 Å². The van der Waals surface area contributed by atoms with Crippen LogP contribution in [0.5, 0.6) is 0 Å². The molecule has 1 aromatic rings. The summed E-state index contributed by atoms with van der Waals surface area (Å²) >= 11 is 4.92. The van der Waals surface area contributed by atoms with Gasteiger partial charge in [-0.05, 0) is 34.3 Å². The van der Waals surface area contributed by atoms with E-state index < -0.39 is 0 Å². The number of likely N-dealkylation sites (tertiary alicyclic amines) is 1. The molecule has 94 valence electrons. The van der Waals surface area contributed by atoms with Gasteiger partial charge in [-0.15, -0.1) is 11.3 Å². The normalized spacial score (nSPS) is 25.0. The summed E-state index contributed by atoms with van der Waals surface area (Å²) in [7, 11) is 1.72. The van der Waals surface area contributed by atoms with E-state index in [9.17, 15) is 4.79 Å². The van der Waals surface area contributed by atoms with Crippen LogP contribution in [0.25, 0.3) is 0 Å². The fraction of sp³-hybridized carbons (Fsp3) is 0.583. The molecule has 2 unspecified atom stereocenters. The topological polar surface area (TPSA) is 29.5 Å². The van der Waals surface area contributed by atoms with Crippen LogP contribution in [0.2, 0.25) is 0 Å². The Kier molecular flexibility index (Phi) is 4.22. The highest BCUT2D eigenvalue weighted by Gasteiger charge is 2.29. The zero-order chi connectivity index (χ0) is 12.4. The first kappa shape index (κ1) is 13.1. The Labute approximate surface area is 114 Å². The number of nitrogens with zero attached hydrogens (tertiary/aromatic N) is 1. The zero-order valence-electron chi connectivity index (χ0n) is 9.98. The molecule has 3 nitrogen and oxygen atoms in total. The van der Waals surface area contributed by atoms with Gasteiger partial charge >= 0.3 is 0 Å². The predicted octanol–water partition coefficient (Wildman–Crippen LogP) is 3.01. The molecule has 2 heterocycles. The van der Waals surface area contributed by atoms with Crippen molar-refractivity contribution in [1.29, 1.82) is 0 Å². The van der Waals surface area contributed by atoms with Crippen LogP contribution in [0, 0.1) is 5.92 Å². The van der Waals surface area contributed by atoms with E-state index in [0.29, 0.717) is 12.5 Å². The van der Waals surface area contributed by atoms with Crippen molar-refractivity contribution in [3.63, 3.8) is 0 Å². The highest BCUT2D eigenvalue weighted by atomic mass is 79.9. The summed E-state index contributed by atoms with van der Waals surface area (Å²) in [6.45, 7) is 3.70. The van der Waals surface area contributed by atoms with Crippen molar-refractivity contribution < 1.29 is 9.53 Å². The average Bonchev–Trinajstić information content (AvgIpc) is 2.75. The van der Waals surface area contributed by atoms with Crippen molar-refractivity contribution in [2.75, 3.05) is 20.2 Å². The number of carbonyl (C=O) groups excluding carboxylic acids is 1. The number of carbonyl (C=O) groups is 1. The van der Waals surface area contributed by atoms with Crippen LogP contribution in [0.1, 0.15) is 23.7 Å². The largest absolute Gasteiger partial charge is 0.379 e. The summed E-state index contributed by atoms with van der Waals surface area (Å²) in [5.74, 6) is 0.638. The summed E-state index contributed by atoms with van der Waals surface area (Å²) in [6, 6.07) is 1.88. The van der Waals surface area contributed by atoms with E-state index >= 15 is 0 Å². The van der Waals surface area contributed by atoms with E-state index in [2.05, 4.69) is 22.9 Å². The molecule has 0 saturated carbocycles. The van der Waals surface area contributed by atoms with E-state index in [1.165, 1.54) is 0 Å². The minimum absolute atomic E-state index is 0.112. The lowest BCUT2D eigenvalue weighted by Crippen LogP contribution is -2.46. The van der Waals surface area contributed by atoms with Crippen LogP contribution in [0.4, 0.5) is 0 Å². The molecule has 0 aromatic carbocycles. The molecule has 17 heavy (non-hydrogen) atoms. The van der Waals surface area contributed by atoms with Gasteiger partial charge in [0.15, 0.2) is 0 Å². The predicted molar refractivity (Wildman–Crippen MR) is 72.5 cm³/mol. The molecule has 0 radical (unpaired) electrons. The van der Waals surface area contributed by atoms with Gasteiger partial charge in [-0.2, -0.15) is 0 Å². The number of ether oxygens (including phenoxy) is 1. The maximum atomic E-state index is 12.2. The van der Waals surface area contributed by atoms with Gasteiger partial charge in [-0.1, -0.05) is 6.92 Å². The Morgan fingerprint density at radius 3 is 3.00 bits per heavy atom. The highest BCUT2D eigenvalue weighted by Crippen LogP contribution is 2.25. The Bertz CT molecular complexity index is 407. The summed E-state index contributed by atoms with van der Waals surface area (Å²) in [5.41, 5.74) is 0.770. The minimum atomic E-state index is 0.112. The summed E-state index contributed by atoms with van der Waals surface area (Å²) < 4.78 is 6.42. The molecule has 2 atom stereocenters. The zero-order valence-corrected chi connectivity index (χ0v) is 12.4. The molecule has 1 aliphatic heterocycles. The van der Waals surface area contributed by atoms with Gasteiger partial charge in [0.1, 0.15) is 0 Å². The molecule has 0 N–H and O–H groups in total. The molecule has 1 aliphatic rings. The van der Waals surface area contributed by atoms with E-state index in [-0.39, 0.29) is 12.0 Å². The standard InChI is InChI=1S/C12H16BrNO2S/c1-8-3-4-14(6-10(8)16-2)12(15)9-5-11(13)17-7-9/h5,7-8,10H,3-4,6H2,1-2H3. The number of piperidine rings is 1. The van der Waals surface area contributed by atoms with Gasteiger partial charge in [-0.25, -0.2) is 0 Å². The van der Waals surface area contributed by atoms with Crippen molar-refractivity contribution in [3.8, 4) is 0 Å². The first-order chi connectivity index (χ1) is 8.11. The molecule has 0 spiro atoms. The second kappa shape index (κ2) is 5.50. The van der Waals surface area contributed by atoms with Gasteiger partial charge in [-0.3, -0.25) is 4.79 Å². The van der Waals surface area contributed by atoms with Gasteiger partial charge in [0.2, 0.25) is 0 Å². The molecule has 5 heteroatoms. The van der Waals surface area contributed by atoms with Gasteiger partial charge in [0, 0.05) is 25.6 Å². The number of hydrogen-bond acceptors (Lipinski definition) is 3. The second-order valence-corrected chi connectivity index (χ2v) is 6.72. The Balaban J connectivity index is 2.05. The number of thiophene rings is 1. The average molecular weight is 318 g/mol. The molecule has 0 aliphatic carbocycles. The molecule has 1 fully saturated rings. The number of halogens is 1. The number of rotatable bonds is 2. The molecule has 1 aromatic heterocycles. The van der Waals surface area contributed by atoms with E-state index in [4.69, 9.17) is 4.74 Å². The minimum Gasteiger partial charge on any atom is -0.379 e. The van der Waals surface area contributed by atoms with Crippen LogP contribution in [-0.2, 0) is 4.74 Å². The Morgan fingerprint density at radius 1 is 1.65 bits per heavy atom. The number of amides is 1. The fourth-order valence-corrected chi connectivity index (χ4v) is 3.26. The molecule has 1 saturated heterocycles. The number of methoxy groups -OCH3 is 1. The maximum Gasteiger partial charge on any atom is 0.254 e. The summed E-state index contributed by atoms with van der Waals surface area (Å²) in [6.07, 6.45) is 1.17. The van der Waals surface area contributed by atoms with Crippen LogP contribution in [0.3, 0.4) is 0 Å². The molecular formula is C12H16BrNO2S. The van der Waals surface area contributed by atoms with Crippen LogP contribution in [0.15, 0.2) is 15.2 Å². The Hall–Kier alpha value is -0.390. The lowest BCUT2D eigenvalue weighted by atomic mass is 9.95. The van der Waals surface area contributed by atoms with E-state index in [1.54, 1.807) is 18.4 Å². The lowest BCUT2D eigenvalue weighted by Gasteiger charge is -2.36. The lowest BCUT2D eigenvalue weighted by molar-refractivity contribution is -0.00154. The molecule has 0 bridgehead atoms. The first-order valence-corrected chi connectivity index (χ1v) is 7.35. The van der Waals surface area contributed by atoms with Crippen molar-refractivity contribution in [3.05, 3.63) is 20.8 Å². The van der Waals surface area contributed by atoms with Gasteiger partial charge in [0.05, 0.1) is 15.5 Å². The molecule has 1 amide bonds. The van der Waals surface area contributed by atoms with Crippen molar-refractivity contribution in [2.24, 2.45) is 5.92 Å². The highest BCUT2D eigenvalue weighted by molar-refractivity contribution is 9.11. The smallest absolute Gasteiger partial charge is 0.254 e. The van der Waals surface area contributed by atoms with E-state index in [0.717, 1.165) is 22.3 Å². The van der Waals surface area contributed by atoms with Crippen LogP contribution < -0.4 is 0 Å². The third-order valence-corrected chi connectivity index (χ3v) is 4.80. The van der Waals surface area contributed by atoms with Crippen LogP contribution >= 0.6 is 27.3 Å². The van der Waals surface area contributed by atoms with Gasteiger partial charge in [0.25, 0.3) is 5.91 Å². The fourth-order valence-electron chi connectivity index (χ4n) is 2.13. The Morgan fingerprint density at radius 2 is 2.41 bits per heavy atom. The summed E-state index contributed by atoms with van der Waals surface area (Å²) in [4.78, 5) is 14.1. The van der Waals surface area contributed by atoms with Gasteiger partial charge < -0.3 is 9.64 Å². The third-order valence-electron chi connectivity index (χ3n) is 3.29. The molecular weight excluding hydrogens is 302 g/mol. The quantitative estimate of drug-likeness (QED) is 0.839. The van der Waals surface area contributed by atoms with Crippen molar-refractivity contribution in [2.45, 2.75) is 19.4 Å². The first-order valence-electron chi connectivity index (χ1n) is 5.68. The maximum absolute atomic E-state index is 12.2. The SMILES string of the molecule is COC1CN(C(=O)c2csc(Br)c2)CCC1C. The van der Waals surface area contributed by atoms with Crippen molar-refractivity contribution in [1.82, 2.24) is 4.90 Å². The molecule has 2 rings (SSSR count). The van der Waals surface area contributed by atoms with Crippen molar-refractivity contribution >= 4 is 33.2 Å². The summed E-state index contributed by atoms with van der Waals surface area (Å²) in [5, 5.41) is 1.90. The van der Waals surface area contributed by atoms with Crippen LogP contribution in [-0.4, -0.2) is 37.1 Å². The third kappa shape index (κ3) is 2.89. The monoisotopic (exact) mass is 317 g/mol.